The summed E-state index contributed by atoms with van der Waals surface area (Å²) in [6.07, 6.45) is 20.5. The Kier molecular flexibility index (Phi) is 11.4. The van der Waals surface area contributed by atoms with Gasteiger partial charge in [-0.1, -0.05) is 228 Å². The lowest BCUT2D eigenvalue weighted by Crippen LogP contribution is -2.34. The van der Waals surface area contributed by atoms with Crippen LogP contribution in [0.4, 0.5) is 0 Å². The maximum absolute atomic E-state index is 4.83. The first-order valence-corrected chi connectivity index (χ1v) is 24.8. The zero-order valence-electron chi connectivity index (χ0n) is 40.0. The highest BCUT2D eigenvalue weighted by molar-refractivity contribution is 6.17. The number of aryl methyl sites for hydroxylation is 1. The maximum atomic E-state index is 4.83. The van der Waals surface area contributed by atoms with Gasteiger partial charge in [0.25, 0.3) is 0 Å². The van der Waals surface area contributed by atoms with Gasteiger partial charge in [-0.25, -0.2) is 0 Å². The third kappa shape index (κ3) is 8.03. The summed E-state index contributed by atoms with van der Waals surface area (Å²) >= 11 is 0. The van der Waals surface area contributed by atoms with E-state index in [1.54, 1.807) is 0 Å². The smallest absolute Gasteiger partial charge is 0.0516 e. The lowest BCUT2D eigenvalue weighted by Gasteiger charge is -2.37. The first kappa shape index (κ1) is 43.5. The predicted molar refractivity (Wildman–Crippen MR) is 291 cm³/mol. The molecule has 8 aromatic carbocycles. The summed E-state index contributed by atoms with van der Waals surface area (Å²) in [5, 5.41) is 9.56. The van der Waals surface area contributed by atoms with Crippen molar-refractivity contribution in [3.63, 3.8) is 0 Å². The van der Waals surface area contributed by atoms with Crippen LogP contribution in [0.2, 0.25) is 0 Å². The van der Waals surface area contributed by atoms with Gasteiger partial charge in [0, 0.05) is 5.54 Å². The van der Waals surface area contributed by atoms with E-state index in [2.05, 4.69) is 239 Å². The highest BCUT2D eigenvalue weighted by Gasteiger charge is 2.54. The Morgan fingerprint density at radius 3 is 2.19 bits per heavy atom. The minimum Gasteiger partial charge on any atom is -0.297 e. The Morgan fingerprint density at radius 1 is 0.706 bits per heavy atom. The molecule has 1 nitrogen and oxygen atoms in total. The van der Waals surface area contributed by atoms with Crippen LogP contribution >= 0.6 is 0 Å². The lowest BCUT2D eigenvalue weighted by atomic mass is 9.66. The molecule has 0 radical (unpaired) electrons. The highest BCUT2D eigenvalue weighted by Crippen LogP contribution is 2.56. The number of hydrogen-bond donors (Lipinski definition) is 1. The number of hydrogen-bond acceptors (Lipinski definition) is 1. The van der Waals surface area contributed by atoms with E-state index in [9.17, 15) is 0 Å². The van der Waals surface area contributed by atoms with E-state index in [4.69, 9.17) is 6.58 Å². The van der Waals surface area contributed by atoms with Crippen molar-refractivity contribution in [2.45, 2.75) is 76.8 Å². The van der Waals surface area contributed by atoms with Crippen LogP contribution < -0.4 is 5.32 Å². The molecule has 0 aromatic heterocycles. The Bertz CT molecular complexity index is 3350. The molecule has 3 atom stereocenters. The molecule has 0 heterocycles. The Hall–Kier alpha value is -7.06. The molecule has 11 rings (SSSR count). The van der Waals surface area contributed by atoms with Crippen molar-refractivity contribution < 1.29 is 0 Å². The van der Waals surface area contributed by atoms with Crippen molar-refractivity contribution in [3.05, 3.63) is 257 Å². The van der Waals surface area contributed by atoms with Gasteiger partial charge in [0.2, 0.25) is 0 Å². The van der Waals surface area contributed by atoms with E-state index < -0.39 is 0 Å². The van der Waals surface area contributed by atoms with E-state index in [1.165, 1.54) is 99.4 Å². The average Bonchev–Trinajstić information content (AvgIpc) is 4.15. The summed E-state index contributed by atoms with van der Waals surface area (Å²) in [6.45, 7) is 14.3. The molecule has 1 N–H and O–H groups in total. The molecule has 3 aliphatic rings. The second-order valence-electron chi connectivity index (χ2n) is 20.2. The molecular weight excluding hydrogens is 819 g/mol. The second-order valence-corrected chi connectivity index (χ2v) is 20.2. The van der Waals surface area contributed by atoms with Crippen LogP contribution in [0.15, 0.2) is 218 Å². The van der Waals surface area contributed by atoms with Crippen LogP contribution in [0, 0.1) is 12.8 Å². The van der Waals surface area contributed by atoms with Gasteiger partial charge in [-0.15, -0.1) is 0 Å². The second kappa shape index (κ2) is 17.9. The average molecular weight is 880 g/mol. The molecule has 3 unspecified atom stereocenters. The molecule has 1 saturated carbocycles. The quantitative estimate of drug-likeness (QED) is 0.121. The van der Waals surface area contributed by atoms with Crippen LogP contribution in [0.5, 0.6) is 0 Å². The van der Waals surface area contributed by atoms with Crippen LogP contribution in [-0.2, 0) is 23.8 Å². The van der Waals surface area contributed by atoms with Gasteiger partial charge in [0.15, 0.2) is 0 Å². The summed E-state index contributed by atoms with van der Waals surface area (Å²) in [4.78, 5) is 0. The lowest BCUT2D eigenvalue weighted by molar-refractivity contribution is 0.435. The molecule has 0 saturated heterocycles. The van der Waals surface area contributed by atoms with Gasteiger partial charge in [-0.2, -0.15) is 0 Å². The monoisotopic (exact) mass is 879 g/mol. The topological polar surface area (TPSA) is 12.0 Å². The van der Waals surface area contributed by atoms with Gasteiger partial charge in [0.1, 0.15) is 0 Å². The van der Waals surface area contributed by atoms with Gasteiger partial charge in [-0.3, -0.25) is 5.32 Å². The minimum atomic E-state index is -0.0805. The Labute approximate surface area is 404 Å². The Morgan fingerprint density at radius 2 is 1.43 bits per heavy atom. The van der Waals surface area contributed by atoms with Crippen LogP contribution in [0.1, 0.15) is 85.0 Å². The van der Waals surface area contributed by atoms with Crippen molar-refractivity contribution in [3.8, 4) is 33.4 Å². The number of fused-ring (bicyclic) bond motifs is 8. The third-order valence-corrected chi connectivity index (χ3v) is 15.4. The SMILES string of the molecule is C=C(Cc1cc2c(cc1-c1ccccc1C)CC(C)(C)c1c-2c2ccccc2c2ccccc12)c1cccc(-c2ccc(C3(NC(/C=C/C4=CCC=CC=C4)c4ccccc4)CC3CC)cc2)c1. The summed E-state index contributed by atoms with van der Waals surface area (Å²) in [7, 11) is 0. The fourth-order valence-corrected chi connectivity index (χ4v) is 11.8. The van der Waals surface area contributed by atoms with Crippen molar-refractivity contribution in [1.82, 2.24) is 5.32 Å². The molecule has 8 aromatic rings. The van der Waals surface area contributed by atoms with Gasteiger partial charge in [-0.05, 0) is 161 Å². The zero-order valence-corrected chi connectivity index (χ0v) is 40.0. The molecule has 0 bridgehead atoms. The van der Waals surface area contributed by atoms with E-state index in [-0.39, 0.29) is 17.0 Å². The molecule has 1 heteroatoms. The zero-order chi connectivity index (χ0) is 46.4. The summed E-state index contributed by atoms with van der Waals surface area (Å²) in [5.41, 5.74) is 19.4. The maximum Gasteiger partial charge on any atom is 0.0516 e. The van der Waals surface area contributed by atoms with Crippen molar-refractivity contribution in [1.29, 1.82) is 0 Å². The van der Waals surface area contributed by atoms with Crippen molar-refractivity contribution >= 4 is 27.1 Å². The first-order chi connectivity index (χ1) is 33.2. The molecule has 68 heavy (non-hydrogen) atoms. The normalized spacial score (nSPS) is 18.5. The Balaban J connectivity index is 0.924. The van der Waals surface area contributed by atoms with Crippen LogP contribution in [0.25, 0.3) is 60.5 Å². The number of benzene rings is 8. The van der Waals surface area contributed by atoms with Gasteiger partial charge >= 0.3 is 0 Å². The van der Waals surface area contributed by atoms with E-state index >= 15 is 0 Å². The van der Waals surface area contributed by atoms with E-state index in [1.807, 2.05) is 0 Å². The largest absolute Gasteiger partial charge is 0.297 e. The highest BCUT2D eigenvalue weighted by atomic mass is 15.1. The summed E-state index contributed by atoms with van der Waals surface area (Å²) in [5.74, 6) is 0.576. The number of nitrogens with one attached hydrogen (secondary N) is 1. The molecule has 0 amide bonds. The van der Waals surface area contributed by atoms with Crippen molar-refractivity contribution in [2.24, 2.45) is 5.92 Å². The molecule has 3 aliphatic carbocycles. The molecule has 334 valence electrons. The van der Waals surface area contributed by atoms with E-state index in [0.29, 0.717) is 5.92 Å². The minimum absolute atomic E-state index is 0.0454. The fourth-order valence-electron chi connectivity index (χ4n) is 11.8. The summed E-state index contributed by atoms with van der Waals surface area (Å²) in [6, 6.07) is 61.5. The van der Waals surface area contributed by atoms with E-state index in [0.717, 1.165) is 37.7 Å². The van der Waals surface area contributed by atoms with Gasteiger partial charge < -0.3 is 0 Å². The molecular formula is C67H61N. The third-order valence-electron chi connectivity index (χ3n) is 15.4. The van der Waals surface area contributed by atoms with Gasteiger partial charge in [0.05, 0.1) is 6.04 Å². The number of allylic oxidation sites excluding steroid dienone is 8. The standard InChI is InChI=1S/C67H61N/c1-6-54-44-67(54,68-63(49-24-12-9-13-25-49)38-33-47-22-10-7-8-11-23-47)55-36-34-48(35-37-55)51-27-20-26-50(40-51)46(3)39-52-41-62-53(42-61(52)56-28-15-14-21-45(56)2)43-66(4,5)65-60-32-19-17-30-58(60)57-29-16-18-31-59(57)64(62)65/h7-10,12-38,40-42,54,63,68H,3,6,11,39,43-44H2,1-2,4-5H3/b38-33+. The fraction of sp³-hybridized carbons (Fsp3) is 0.194. The predicted octanol–water partition coefficient (Wildman–Crippen LogP) is 17.3. The number of rotatable bonds is 12. The molecule has 0 aliphatic heterocycles. The van der Waals surface area contributed by atoms with Crippen LogP contribution in [0.3, 0.4) is 0 Å². The molecule has 1 fully saturated rings. The van der Waals surface area contributed by atoms with Crippen LogP contribution in [-0.4, -0.2) is 0 Å². The first-order valence-electron chi connectivity index (χ1n) is 24.8. The van der Waals surface area contributed by atoms with Crippen molar-refractivity contribution in [2.75, 3.05) is 0 Å². The molecule has 0 spiro atoms. The summed E-state index contributed by atoms with van der Waals surface area (Å²) < 4.78 is 0.